The van der Waals surface area contributed by atoms with Gasteiger partial charge in [0.2, 0.25) is 0 Å². The van der Waals surface area contributed by atoms with Crippen LogP contribution in [0, 0.1) is 0 Å². The number of halogens is 1. The Balaban J connectivity index is 2.64. The van der Waals surface area contributed by atoms with Gasteiger partial charge in [-0.25, -0.2) is 0 Å². The van der Waals surface area contributed by atoms with Crippen LogP contribution in [-0.2, 0) is 11.2 Å². The van der Waals surface area contributed by atoms with Crippen molar-refractivity contribution in [2.45, 2.75) is 26.4 Å². The number of hydrogen-bond acceptors (Lipinski definition) is 2. The summed E-state index contributed by atoms with van der Waals surface area (Å²) in [6.07, 6.45) is 0.397. The van der Waals surface area contributed by atoms with Crippen LogP contribution in [0.15, 0.2) is 24.3 Å². The molecule has 3 heteroatoms. The van der Waals surface area contributed by atoms with Crippen LogP contribution in [0.1, 0.15) is 19.4 Å². The molecule has 0 spiro atoms. The number of benzene rings is 1. The molecule has 1 atom stereocenters. The molecule has 0 aromatic heterocycles. The van der Waals surface area contributed by atoms with E-state index < -0.39 is 11.3 Å². The Morgan fingerprint density at radius 2 is 2.00 bits per heavy atom. The molecule has 0 amide bonds. The number of carbonyl (C=O) groups is 1. The highest BCUT2D eigenvalue weighted by atomic mass is 35.5. The molecule has 1 aromatic carbocycles. The standard InChI is InChI=1S/C11H13ClO2/c1-3-9-4-6-10(7-5-9)14-8(2)11(12)13/h4-8H,3H2,1-2H3/t8-/m1/s1. The zero-order valence-electron chi connectivity index (χ0n) is 8.29. The first kappa shape index (κ1) is 11.1. The van der Waals surface area contributed by atoms with Crippen LogP contribution in [-0.4, -0.2) is 11.3 Å². The zero-order chi connectivity index (χ0) is 10.6. The fourth-order valence-electron chi connectivity index (χ4n) is 1.05. The van der Waals surface area contributed by atoms with Crippen molar-refractivity contribution in [3.63, 3.8) is 0 Å². The summed E-state index contributed by atoms with van der Waals surface area (Å²) in [4.78, 5) is 10.7. The molecule has 0 aliphatic carbocycles. The normalized spacial score (nSPS) is 12.2. The molecule has 1 rings (SSSR count). The van der Waals surface area contributed by atoms with Crippen molar-refractivity contribution in [1.82, 2.24) is 0 Å². The highest BCUT2D eigenvalue weighted by Gasteiger charge is 2.10. The van der Waals surface area contributed by atoms with Gasteiger partial charge in [-0.3, -0.25) is 4.79 Å². The van der Waals surface area contributed by atoms with E-state index in [0.717, 1.165) is 6.42 Å². The minimum atomic E-state index is -0.593. The van der Waals surface area contributed by atoms with Crippen molar-refractivity contribution in [1.29, 1.82) is 0 Å². The van der Waals surface area contributed by atoms with Gasteiger partial charge in [0.25, 0.3) is 5.24 Å². The molecular weight excluding hydrogens is 200 g/mol. The summed E-state index contributed by atoms with van der Waals surface area (Å²) in [5, 5.41) is -0.482. The van der Waals surface area contributed by atoms with Gasteiger partial charge in [0.15, 0.2) is 6.10 Å². The Morgan fingerprint density at radius 3 is 2.43 bits per heavy atom. The van der Waals surface area contributed by atoms with Crippen LogP contribution in [0.25, 0.3) is 0 Å². The summed E-state index contributed by atoms with van der Waals surface area (Å²) in [6.45, 7) is 3.71. The van der Waals surface area contributed by atoms with Gasteiger partial charge in [-0.1, -0.05) is 19.1 Å². The lowest BCUT2D eigenvalue weighted by Crippen LogP contribution is -2.18. The molecule has 1 aromatic rings. The number of carbonyl (C=O) groups excluding carboxylic acids is 1. The van der Waals surface area contributed by atoms with E-state index in [9.17, 15) is 4.79 Å². The summed E-state index contributed by atoms with van der Waals surface area (Å²) >= 11 is 5.27. The zero-order valence-corrected chi connectivity index (χ0v) is 9.04. The van der Waals surface area contributed by atoms with Gasteiger partial charge < -0.3 is 4.74 Å². The second-order valence-corrected chi connectivity index (χ2v) is 3.43. The number of ether oxygens (including phenoxy) is 1. The Labute approximate surface area is 88.8 Å². The van der Waals surface area contributed by atoms with Gasteiger partial charge in [-0.05, 0) is 42.6 Å². The van der Waals surface area contributed by atoms with Crippen molar-refractivity contribution in [2.24, 2.45) is 0 Å². The summed E-state index contributed by atoms with van der Waals surface area (Å²) in [7, 11) is 0. The molecule has 0 aliphatic rings. The van der Waals surface area contributed by atoms with Crippen molar-refractivity contribution in [3.8, 4) is 5.75 Å². The Kier molecular flexibility index (Phi) is 3.96. The van der Waals surface area contributed by atoms with Gasteiger partial charge in [-0.15, -0.1) is 0 Å². The first-order valence-electron chi connectivity index (χ1n) is 4.58. The van der Waals surface area contributed by atoms with E-state index in [2.05, 4.69) is 6.92 Å². The molecule has 0 N–H and O–H groups in total. The van der Waals surface area contributed by atoms with Crippen molar-refractivity contribution >= 4 is 16.8 Å². The quantitative estimate of drug-likeness (QED) is 0.718. The molecule has 0 bridgehead atoms. The van der Waals surface area contributed by atoms with E-state index >= 15 is 0 Å². The lowest BCUT2D eigenvalue weighted by atomic mass is 10.2. The van der Waals surface area contributed by atoms with Gasteiger partial charge in [0.1, 0.15) is 5.75 Å². The smallest absolute Gasteiger partial charge is 0.262 e. The topological polar surface area (TPSA) is 26.3 Å². The molecule has 0 unspecified atom stereocenters. The van der Waals surface area contributed by atoms with Crippen molar-refractivity contribution in [3.05, 3.63) is 29.8 Å². The van der Waals surface area contributed by atoms with Crippen LogP contribution in [0.4, 0.5) is 0 Å². The SMILES string of the molecule is CCc1ccc(O[C@H](C)C(=O)Cl)cc1. The minimum Gasteiger partial charge on any atom is -0.482 e. The van der Waals surface area contributed by atoms with Crippen molar-refractivity contribution < 1.29 is 9.53 Å². The molecule has 76 valence electrons. The summed E-state index contributed by atoms with van der Waals surface area (Å²) in [5.74, 6) is 0.670. The van der Waals surface area contributed by atoms with Gasteiger partial charge in [-0.2, -0.15) is 0 Å². The van der Waals surface area contributed by atoms with Crippen LogP contribution in [0.2, 0.25) is 0 Å². The number of aryl methyl sites for hydroxylation is 1. The van der Waals surface area contributed by atoms with E-state index in [-0.39, 0.29) is 0 Å². The van der Waals surface area contributed by atoms with Crippen molar-refractivity contribution in [2.75, 3.05) is 0 Å². The van der Waals surface area contributed by atoms with Crippen LogP contribution < -0.4 is 4.74 Å². The molecule has 14 heavy (non-hydrogen) atoms. The third-order valence-electron chi connectivity index (χ3n) is 1.96. The molecule has 0 saturated carbocycles. The van der Waals surface area contributed by atoms with Crippen LogP contribution in [0.3, 0.4) is 0 Å². The second-order valence-electron chi connectivity index (χ2n) is 3.06. The molecule has 0 aliphatic heterocycles. The average molecular weight is 213 g/mol. The predicted octanol–water partition coefficient (Wildman–Crippen LogP) is 2.78. The van der Waals surface area contributed by atoms with E-state index in [0.29, 0.717) is 5.75 Å². The average Bonchev–Trinajstić information content (AvgIpc) is 2.19. The van der Waals surface area contributed by atoms with Crippen LogP contribution in [0.5, 0.6) is 5.75 Å². The molecule has 0 fully saturated rings. The monoisotopic (exact) mass is 212 g/mol. The fourth-order valence-corrected chi connectivity index (χ4v) is 1.10. The second kappa shape index (κ2) is 5.01. The van der Waals surface area contributed by atoms with Gasteiger partial charge in [0, 0.05) is 0 Å². The lowest BCUT2D eigenvalue weighted by molar-refractivity contribution is -0.117. The Hall–Kier alpha value is -1.02. The Morgan fingerprint density at radius 1 is 1.43 bits per heavy atom. The molecule has 0 heterocycles. The molecule has 2 nitrogen and oxygen atoms in total. The Bertz CT molecular complexity index is 306. The lowest BCUT2D eigenvalue weighted by Gasteiger charge is -2.10. The minimum absolute atomic E-state index is 0.482. The maximum atomic E-state index is 10.7. The van der Waals surface area contributed by atoms with Gasteiger partial charge >= 0.3 is 0 Å². The highest BCUT2D eigenvalue weighted by molar-refractivity contribution is 6.64. The van der Waals surface area contributed by atoms with Crippen LogP contribution >= 0.6 is 11.6 Å². The van der Waals surface area contributed by atoms with E-state index in [1.807, 2.05) is 24.3 Å². The molecule has 0 radical (unpaired) electrons. The highest BCUT2D eigenvalue weighted by Crippen LogP contribution is 2.14. The number of rotatable bonds is 4. The third-order valence-corrected chi connectivity index (χ3v) is 2.27. The summed E-state index contributed by atoms with van der Waals surface area (Å²) < 4.78 is 5.29. The molecule has 0 saturated heterocycles. The van der Waals surface area contributed by atoms with E-state index in [1.165, 1.54) is 5.56 Å². The first-order valence-corrected chi connectivity index (χ1v) is 4.96. The van der Waals surface area contributed by atoms with E-state index in [1.54, 1.807) is 6.92 Å². The summed E-state index contributed by atoms with van der Waals surface area (Å²) in [5.41, 5.74) is 1.24. The number of hydrogen-bond donors (Lipinski definition) is 0. The van der Waals surface area contributed by atoms with Gasteiger partial charge in [0.05, 0.1) is 0 Å². The maximum absolute atomic E-state index is 10.7. The third kappa shape index (κ3) is 3.04. The fraction of sp³-hybridized carbons (Fsp3) is 0.364. The van der Waals surface area contributed by atoms with E-state index in [4.69, 9.17) is 16.3 Å². The first-order chi connectivity index (χ1) is 6.63. The molecular formula is C11H13ClO2. The largest absolute Gasteiger partial charge is 0.482 e. The summed E-state index contributed by atoms with van der Waals surface area (Å²) in [6, 6.07) is 7.63. The predicted molar refractivity (Wildman–Crippen MR) is 56.8 cm³/mol. The maximum Gasteiger partial charge on any atom is 0.262 e.